The first-order valence-corrected chi connectivity index (χ1v) is 8.76. The van der Waals surface area contributed by atoms with E-state index in [1.54, 1.807) is 18.3 Å². The molecule has 4 rings (SSSR count). The maximum Gasteiger partial charge on any atom is 0.274 e. The van der Waals surface area contributed by atoms with Crippen molar-refractivity contribution in [2.75, 3.05) is 0 Å². The second kappa shape index (κ2) is 7.32. The van der Waals surface area contributed by atoms with Gasteiger partial charge < -0.3 is 14.8 Å². The molecule has 3 aromatic rings. The Balaban J connectivity index is 1.46. The Hall–Kier alpha value is -3.00. The van der Waals surface area contributed by atoms with Crippen LogP contribution in [0.3, 0.4) is 0 Å². The molecule has 1 saturated carbocycles. The van der Waals surface area contributed by atoms with Crippen LogP contribution in [0.25, 0.3) is 11.3 Å². The normalized spacial score (nSPS) is 22.1. The van der Waals surface area contributed by atoms with Crippen molar-refractivity contribution in [3.8, 4) is 11.3 Å². The van der Waals surface area contributed by atoms with E-state index in [-0.39, 0.29) is 22.9 Å². The highest BCUT2D eigenvalue weighted by atomic mass is 19.1. The van der Waals surface area contributed by atoms with Crippen molar-refractivity contribution in [3.63, 3.8) is 0 Å². The van der Waals surface area contributed by atoms with E-state index >= 15 is 0 Å². The van der Waals surface area contributed by atoms with Crippen LogP contribution in [-0.4, -0.2) is 37.9 Å². The monoisotopic (exact) mass is 370 g/mol. The van der Waals surface area contributed by atoms with Gasteiger partial charge in [-0.25, -0.2) is 9.37 Å². The molecule has 3 atom stereocenters. The molecule has 0 bridgehead atoms. The zero-order valence-corrected chi connectivity index (χ0v) is 14.5. The van der Waals surface area contributed by atoms with Gasteiger partial charge in [-0.3, -0.25) is 9.48 Å². The Labute approximate surface area is 154 Å². The van der Waals surface area contributed by atoms with E-state index in [1.165, 1.54) is 12.1 Å². The molecular formula is C19H19FN4O3. The molecule has 1 aliphatic rings. The number of carbonyl (C=O) groups excluding carboxylic acids is 1. The molecule has 8 heteroatoms. The van der Waals surface area contributed by atoms with Gasteiger partial charge in [-0.05, 0) is 37.0 Å². The molecule has 2 N–H and O–H groups in total. The number of nitrogens with one attached hydrogen (secondary N) is 1. The predicted molar refractivity (Wildman–Crippen MR) is 94.1 cm³/mol. The Morgan fingerprint density at radius 3 is 2.96 bits per heavy atom. The highest BCUT2D eigenvalue weighted by molar-refractivity contribution is 5.97. The Morgan fingerprint density at radius 1 is 1.33 bits per heavy atom. The lowest BCUT2D eigenvalue weighted by Gasteiger charge is -2.16. The maximum absolute atomic E-state index is 14.0. The molecule has 1 unspecified atom stereocenters. The van der Waals surface area contributed by atoms with E-state index in [2.05, 4.69) is 15.4 Å². The van der Waals surface area contributed by atoms with Crippen LogP contribution >= 0.6 is 0 Å². The number of oxazole rings is 1. The number of hydrogen-bond acceptors (Lipinski definition) is 5. The summed E-state index contributed by atoms with van der Waals surface area (Å²) in [5.74, 6) is -0.714. The third kappa shape index (κ3) is 3.61. The zero-order chi connectivity index (χ0) is 18.8. The largest absolute Gasteiger partial charge is 0.443 e. The number of aliphatic hydroxyl groups is 1. The fraction of sp³-hybridized carbons (Fsp3) is 0.316. The summed E-state index contributed by atoms with van der Waals surface area (Å²) in [7, 11) is 0. The van der Waals surface area contributed by atoms with Crippen molar-refractivity contribution >= 4 is 5.91 Å². The number of hydrogen-bond donors (Lipinski definition) is 2. The molecule has 7 nitrogen and oxygen atoms in total. The first-order chi connectivity index (χ1) is 13.1. The molecule has 1 fully saturated rings. The second-order valence-electron chi connectivity index (χ2n) is 6.72. The minimum atomic E-state index is -0.654. The molecule has 0 spiro atoms. The number of rotatable bonds is 5. The summed E-state index contributed by atoms with van der Waals surface area (Å²) in [4.78, 5) is 16.6. The van der Waals surface area contributed by atoms with Crippen LogP contribution in [0.4, 0.5) is 4.39 Å². The van der Waals surface area contributed by atoms with Gasteiger partial charge in [0.05, 0.1) is 17.7 Å². The molecule has 1 aromatic carbocycles. The van der Waals surface area contributed by atoms with Crippen molar-refractivity contribution in [1.29, 1.82) is 0 Å². The number of nitrogens with zero attached hydrogens (tertiary/aromatic N) is 3. The summed E-state index contributed by atoms with van der Waals surface area (Å²) in [6.45, 7) is 0.681. The van der Waals surface area contributed by atoms with Crippen molar-refractivity contribution in [2.45, 2.75) is 31.5 Å². The lowest BCUT2D eigenvalue weighted by molar-refractivity contribution is 0.0868. The quantitative estimate of drug-likeness (QED) is 0.719. The van der Waals surface area contributed by atoms with Gasteiger partial charge in [-0.1, -0.05) is 12.1 Å². The average Bonchev–Trinajstić information content (AvgIpc) is 3.38. The molecule has 27 heavy (non-hydrogen) atoms. The minimum Gasteiger partial charge on any atom is -0.443 e. The van der Waals surface area contributed by atoms with Gasteiger partial charge in [0.1, 0.15) is 5.82 Å². The van der Waals surface area contributed by atoms with E-state index in [9.17, 15) is 14.3 Å². The van der Waals surface area contributed by atoms with E-state index in [4.69, 9.17) is 4.42 Å². The topological polar surface area (TPSA) is 93.2 Å². The fourth-order valence-corrected chi connectivity index (χ4v) is 3.58. The van der Waals surface area contributed by atoms with Crippen molar-refractivity contribution < 1.29 is 18.7 Å². The van der Waals surface area contributed by atoms with Gasteiger partial charge in [0, 0.05) is 18.9 Å². The van der Waals surface area contributed by atoms with Crippen LogP contribution in [0.15, 0.2) is 53.5 Å². The smallest absolute Gasteiger partial charge is 0.274 e. The van der Waals surface area contributed by atoms with Gasteiger partial charge in [-0.15, -0.1) is 0 Å². The Morgan fingerprint density at radius 2 is 2.19 bits per heavy atom. The molecule has 0 aliphatic heterocycles. The predicted octanol–water partition coefficient (Wildman–Crippen LogP) is 2.25. The summed E-state index contributed by atoms with van der Waals surface area (Å²) >= 11 is 0. The van der Waals surface area contributed by atoms with Crippen molar-refractivity contribution in [3.05, 3.63) is 60.6 Å². The first-order valence-electron chi connectivity index (χ1n) is 8.76. The summed E-state index contributed by atoms with van der Waals surface area (Å²) in [6.07, 6.45) is 5.23. The highest BCUT2D eigenvalue weighted by Crippen LogP contribution is 2.29. The van der Waals surface area contributed by atoms with Crippen molar-refractivity contribution in [1.82, 2.24) is 20.1 Å². The van der Waals surface area contributed by atoms with Crippen molar-refractivity contribution in [2.24, 2.45) is 5.92 Å². The molecule has 0 radical (unpaired) electrons. The second-order valence-corrected chi connectivity index (χ2v) is 6.72. The first kappa shape index (κ1) is 17.4. The molecular weight excluding hydrogens is 351 g/mol. The number of aliphatic hydroxyl groups excluding tert-OH is 1. The molecule has 2 aromatic heterocycles. The SMILES string of the molecule is O=C(N[C@@H]1CC(Cn2cccn2)C[C@H]1O)c1ncoc1-c1ccccc1F. The lowest BCUT2D eigenvalue weighted by atomic mass is 10.1. The zero-order valence-electron chi connectivity index (χ0n) is 14.5. The summed E-state index contributed by atoms with van der Waals surface area (Å²) < 4.78 is 21.1. The van der Waals surface area contributed by atoms with Crippen LogP contribution in [0.5, 0.6) is 0 Å². The summed E-state index contributed by atoms with van der Waals surface area (Å²) in [5.41, 5.74) is 0.173. The third-order valence-corrected chi connectivity index (χ3v) is 4.85. The summed E-state index contributed by atoms with van der Waals surface area (Å²) in [5, 5.41) is 17.3. The van der Waals surface area contributed by atoms with Gasteiger partial charge in [0.15, 0.2) is 17.8 Å². The van der Waals surface area contributed by atoms with E-state index in [1.807, 2.05) is 16.9 Å². The molecule has 2 heterocycles. The van der Waals surface area contributed by atoms with E-state index in [0.717, 1.165) is 6.39 Å². The Kier molecular flexibility index (Phi) is 4.72. The number of carbonyl (C=O) groups is 1. The lowest BCUT2D eigenvalue weighted by Crippen LogP contribution is -2.40. The van der Waals surface area contributed by atoms with Gasteiger partial charge in [0.25, 0.3) is 5.91 Å². The van der Waals surface area contributed by atoms with Gasteiger partial charge >= 0.3 is 0 Å². The van der Waals surface area contributed by atoms with Crippen LogP contribution < -0.4 is 5.32 Å². The Bertz CT molecular complexity index is 925. The molecule has 1 aliphatic carbocycles. The number of halogens is 1. The standard InChI is InChI=1S/C19H19FN4O3/c20-14-5-2-1-4-13(14)18-17(21-11-27-18)19(26)23-15-8-12(9-16(15)25)10-24-7-3-6-22-24/h1-7,11-12,15-16,25H,8-10H2,(H,23,26)/t12?,15-,16-/m1/s1. The maximum atomic E-state index is 14.0. The summed E-state index contributed by atoms with van der Waals surface area (Å²) in [6, 6.07) is 7.48. The van der Waals surface area contributed by atoms with Crippen LogP contribution in [0.2, 0.25) is 0 Å². The van der Waals surface area contributed by atoms with Crippen LogP contribution in [-0.2, 0) is 6.54 Å². The van der Waals surface area contributed by atoms with E-state index < -0.39 is 23.9 Å². The van der Waals surface area contributed by atoms with Crippen LogP contribution in [0.1, 0.15) is 23.3 Å². The van der Waals surface area contributed by atoms with E-state index in [0.29, 0.717) is 19.4 Å². The number of aromatic nitrogens is 3. The molecule has 140 valence electrons. The average molecular weight is 370 g/mol. The molecule has 1 amide bonds. The van der Waals surface area contributed by atoms with Gasteiger partial charge in [0.2, 0.25) is 0 Å². The van der Waals surface area contributed by atoms with Crippen LogP contribution in [0, 0.1) is 11.7 Å². The highest BCUT2D eigenvalue weighted by Gasteiger charge is 2.35. The third-order valence-electron chi connectivity index (χ3n) is 4.85. The minimum absolute atomic E-state index is 0.00262. The number of benzene rings is 1. The van der Waals surface area contributed by atoms with Gasteiger partial charge in [-0.2, -0.15) is 5.10 Å². The fourth-order valence-electron chi connectivity index (χ4n) is 3.58. The molecule has 0 saturated heterocycles. The number of amides is 1.